The number of hydrogen-bond acceptors (Lipinski definition) is 0. The summed E-state index contributed by atoms with van der Waals surface area (Å²) in [6.45, 7) is 0. The van der Waals surface area contributed by atoms with Crippen molar-refractivity contribution < 1.29 is 12.9 Å². The van der Waals surface area contributed by atoms with Crippen LogP contribution in [0.25, 0.3) is 24.6 Å². The van der Waals surface area contributed by atoms with Crippen molar-refractivity contribution in [1.29, 1.82) is 0 Å². The van der Waals surface area contributed by atoms with Crippen LogP contribution in [0.1, 0.15) is 0 Å². The largest absolute Gasteiger partial charge is 0.693 e. The van der Waals surface area contributed by atoms with Gasteiger partial charge in [0.1, 0.15) is 0 Å². The molecule has 0 aromatic rings. The molecule has 0 aliphatic carbocycles. The van der Waals surface area contributed by atoms with Crippen molar-refractivity contribution in [2.24, 2.45) is 0 Å². The predicted octanol–water partition coefficient (Wildman–Crippen LogP) is 4.24. The molecule has 0 amide bonds. The van der Waals surface area contributed by atoms with Crippen LogP contribution < -0.4 is 0 Å². The van der Waals surface area contributed by atoms with Crippen LogP contribution in [-0.2, 0) is 12.9 Å². The Hall–Kier alpha value is 0.926. The van der Waals surface area contributed by atoms with Gasteiger partial charge >= 0.3 is 33.2 Å². The molecule has 0 rings (SSSR count). The third-order valence-corrected chi connectivity index (χ3v) is 0. The maximum absolute atomic E-state index is 4.73. The van der Waals surface area contributed by atoms with E-state index in [1.807, 2.05) is 0 Å². The fraction of sp³-hybridized carbons (Fsp3) is 0. The fourth-order valence-electron chi connectivity index (χ4n) is 0. The molecule has 55 valence electrons. The molecule has 0 saturated carbocycles. The van der Waals surface area contributed by atoms with Crippen LogP contribution >= 0.6 is 20.3 Å². The Bertz CT molecular complexity index is 9.65. The summed E-state index contributed by atoms with van der Waals surface area (Å²) in [7, 11) is 9.47. The van der Waals surface area contributed by atoms with Gasteiger partial charge in [-0.15, -0.1) is 0 Å². The third-order valence-electron chi connectivity index (χ3n) is 0. The van der Waals surface area contributed by atoms with E-state index in [0.29, 0.717) is 12.9 Å². The minimum absolute atomic E-state index is 0. The molecular weight excluding hydrogens is 186 g/mol. The molecule has 0 aromatic carbocycles. The molecule has 0 aromatic heterocycles. The predicted molar refractivity (Wildman–Crippen MR) is 32.8 cm³/mol. The van der Waals surface area contributed by atoms with E-state index in [4.69, 9.17) is 20.3 Å². The topological polar surface area (TPSA) is 134 Å². The molecule has 0 aliphatic heterocycles. The Balaban J connectivity index is -0.00000000333. The Morgan fingerprint density at radius 2 is 0.714 bits per heavy atom. The molecule has 0 heterocycles. The molecule has 0 spiro atoms. The van der Waals surface area contributed by atoms with Gasteiger partial charge in [0.05, 0.1) is 0 Å². The summed E-state index contributed by atoms with van der Waals surface area (Å²) < 4.78 is 0. The van der Waals surface area contributed by atoms with Crippen LogP contribution in [-0.4, -0.2) is 0 Å². The van der Waals surface area contributed by atoms with E-state index in [1.165, 1.54) is 0 Å². The van der Waals surface area contributed by atoms with E-state index in [1.54, 1.807) is 0 Å². The van der Waals surface area contributed by atoms with E-state index >= 15 is 0 Å². The van der Waals surface area contributed by atoms with E-state index in [0.717, 1.165) is 0 Å². The molecule has 0 atom stereocenters. The summed E-state index contributed by atoms with van der Waals surface area (Å²) in [6, 6.07) is 0. The Kier molecular flexibility index (Phi) is 416. The number of hydrogen-bond donors (Lipinski definition) is 0. The molecule has 0 fully saturated rings. The van der Waals surface area contributed by atoms with E-state index in [9.17, 15) is 0 Å². The van der Waals surface area contributed by atoms with E-state index in [-0.39, 0.29) is 24.6 Å². The van der Waals surface area contributed by atoms with Gasteiger partial charge in [0.15, 0.2) is 0 Å². The average Bonchev–Trinajstić information content (AvgIpc) is 0.918. The summed E-state index contributed by atoms with van der Waals surface area (Å²) in [5, 5.41) is 0. The van der Waals surface area contributed by atoms with Crippen LogP contribution in [0.5, 0.6) is 0 Å². The fourth-order valence-corrected chi connectivity index (χ4v) is 0. The molecule has 0 bridgehead atoms. The van der Waals surface area contributed by atoms with Crippen molar-refractivity contribution in [3.63, 3.8) is 0 Å². The van der Waals surface area contributed by atoms with E-state index < -0.39 is 0 Å². The number of nitrogens with two attached hydrogens (primary N) is 4. The molecule has 8 N–H and O–H groups in total. The van der Waals surface area contributed by atoms with Gasteiger partial charge in [-0.25, -0.2) is 0 Å². The monoisotopic (exact) mass is 193 g/mol. The Morgan fingerprint density at radius 3 is 0.714 bits per heavy atom. The molecule has 7 heteroatoms. The van der Waals surface area contributed by atoms with Gasteiger partial charge in [-0.1, -0.05) is 0 Å². The first-order valence-corrected chi connectivity index (χ1v) is 3.12. The van der Waals surface area contributed by atoms with Crippen molar-refractivity contribution in [3.8, 4) is 0 Å². The van der Waals surface area contributed by atoms with Crippen LogP contribution in [0.15, 0.2) is 0 Å². The molecule has 0 radical (unpaired) electrons. The van der Waals surface area contributed by atoms with Gasteiger partial charge in [0.2, 0.25) is 0 Å². The summed E-state index contributed by atoms with van der Waals surface area (Å²) in [4.78, 5) is 0. The zero-order valence-corrected chi connectivity index (χ0v) is 5.95. The molecule has 0 saturated heterocycles. The minimum atomic E-state index is 0. The van der Waals surface area contributed by atoms with Crippen LogP contribution in [0.3, 0.4) is 0 Å². The van der Waals surface area contributed by atoms with Crippen LogP contribution in [0, 0.1) is 0 Å². The first-order valence-electron chi connectivity index (χ1n) is 0.252. The first-order chi connectivity index (χ1) is 1.41. The normalized spacial score (nSPS) is 3.14. The SMILES string of the molecule is [Cl][Co][Cl].[NH2-].[NH2-].[NH2-].[NH2-]. The van der Waals surface area contributed by atoms with Crippen molar-refractivity contribution in [2.45, 2.75) is 0 Å². The quantitative estimate of drug-likeness (QED) is 0.544. The smallest absolute Gasteiger partial charge is 0.693 e. The summed E-state index contributed by atoms with van der Waals surface area (Å²) >= 11 is 0.382. The van der Waals surface area contributed by atoms with Gasteiger partial charge in [-0.3, -0.25) is 0 Å². The summed E-state index contributed by atoms with van der Waals surface area (Å²) in [6.07, 6.45) is 0. The van der Waals surface area contributed by atoms with Gasteiger partial charge < -0.3 is 24.6 Å². The van der Waals surface area contributed by atoms with Crippen molar-refractivity contribution in [3.05, 3.63) is 24.6 Å². The Morgan fingerprint density at radius 1 is 0.714 bits per heavy atom. The van der Waals surface area contributed by atoms with Crippen molar-refractivity contribution in [1.82, 2.24) is 0 Å². The number of rotatable bonds is 0. The van der Waals surface area contributed by atoms with Gasteiger partial charge in [0.25, 0.3) is 0 Å². The Labute approximate surface area is 58.1 Å². The van der Waals surface area contributed by atoms with Gasteiger partial charge in [-0.05, 0) is 0 Å². The maximum Gasteiger partial charge on any atom is -0.693 e. The summed E-state index contributed by atoms with van der Waals surface area (Å²) in [5.41, 5.74) is 0. The maximum atomic E-state index is 4.73. The van der Waals surface area contributed by atoms with Gasteiger partial charge in [-0.2, -0.15) is 0 Å². The second kappa shape index (κ2) is 65.6. The molecule has 0 unspecified atom stereocenters. The van der Waals surface area contributed by atoms with E-state index in [2.05, 4.69) is 0 Å². The van der Waals surface area contributed by atoms with Gasteiger partial charge in [0, 0.05) is 0 Å². The average molecular weight is 194 g/mol. The summed E-state index contributed by atoms with van der Waals surface area (Å²) in [5.74, 6) is 0. The zero-order chi connectivity index (χ0) is 2.71. The van der Waals surface area contributed by atoms with Crippen LogP contribution in [0.2, 0.25) is 0 Å². The third kappa shape index (κ3) is 196. The number of halogens is 2. The standard InChI is InChI=1S/2ClH.Co.4H2N/h2*1H;;4*1H2/q;;+2;4*-1/p-2. The molecule has 0 aliphatic rings. The van der Waals surface area contributed by atoms with Crippen molar-refractivity contribution >= 4 is 20.3 Å². The molecular formula is H8Cl2CoN4-4. The second-order valence-electron chi connectivity index (χ2n) is 0.0476. The molecule has 4 nitrogen and oxygen atoms in total. The first kappa shape index (κ1) is 44.4. The second-order valence-corrected chi connectivity index (χ2v) is 1.77. The van der Waals surface area contributed by atoms with Crippen LogP contribution in [0.4, 0.5) is 0 Å². The zero-order valence-electron chi connectivity index (χ0n) is 3.40. The molecule has 7 heavy (non-hydrogen) atoms. The minimum Gasteiger partial charge on any atom is -0.693 e. The van der Waals surface area contributed by atoms with Crippen molar-refractivity contribution in [2.75, 3.05) is 0 Å².